The molecule has 0 saturated heterocycles. The van der Waals surface area contributed by atoms with E-state index >= 15 is 0 Å². The number of hydrogen-bond donors (Lipinski definition) is 1. The van der Waals surface area contributed by atoms with Gasteiger partial charge in [0, 0.05) is 35.4 Å². The molecule has 0 fully saturated rings. The Hall–Kier alpha value is -3.99. The molecule has 0 aliphatic rings. The first-order chi connectivity index (χ1) is 16.1. The molecule has 4 nitrogen and oxygen atoms in total. The predicted octanol–water partition coefficient (Wildman–Crippen LogP) is 6.51. The molecule has 0 aliphatic heterocycles. The number of nitrogens with one attached hydrogen (secondary N) is 1. The summed E-state index contributed by atoms with van der Waals surface area (Å²) in [6.07, 6.45) is 1.69. The van der Waals surface area contributed by atoms with E-state index in [1.54, 1.807) is 24.1 Å². The van der Waals surface area contributed by atoms with Gasteiger partial charge in [-0.3, -0.25) is 4.79 Å². The molecule has 5 heteroatoms. The van der Waals surface area contributed by atoms with Crippen LogP contribution in [0.15, 0.2) is 84.9 Å². The summed E-state index contributed by atoms with van der Waals surface area (Å²) in [5.41, 5.74) is 5.33. The van der Waals surface area contributed by atoms with Crippen LogP contribution >= 0.6 is 0 Å². The van der Waals surface area contributed by atoms with Crippen LogP contribution in [-0.4, -0.2) is 22.9 Å². The minimum Gasteiger partial charge on any atom is -0.353 e. The summed E-state index contributed by atoms with van der Waals surface area (Å²) in [5, 5.41) is 1.91. The van der Waals surface area contributed by atoms with E-state index in [9.17, 15) is 9.18 Å². The Balaban J connectivity index is 1.44. The van der Waals surface area contributed by atoms with Crippen LogP contribution < -0.4 is 4.90 Å². The maximum absolute atomic E-state index is 14.1. The van der Waals surface area contributed by atoms with Gasteiger partial charge in [0.05, 0.1) is 16.9 Å². The molecule has 2 aromatic heterocycles. The highest BCUT2D eigenvalue weighted by Crippen LogP contribution is 2.32. The molecule has 0 bridgehead atoms. The fourth-order valence-electron chi connectivity index (χ4n) is 4.28. The van der Waals surface area contributed by atoms with Crippen molar-refractivity contribution >= 4 is 33.4 Å². The fraction of sp³-hybridized carbons (Fsp3) is 0.143. The normalized spacial score (nSPS) is 11.2. The summed E-state index contributed by atoms with van der Waals surface area (Å²) in [5.74, 6) is -0.224. The van der Waals surface area contributed by atoms with Crippen LogP contribution in [0.2, 0.25) is 0 Å². The van der Waals surface area contributed by atoms with Crippen molar-refractivity contribution in [1.29, 1.82) is 0 Å². The van der Waals surface area contributed by atoms with Gasteiger partial charge in [0.2, 0.25) is 5.91 Å². The zero-order chi connectivity index (χ0) is 22.8. The summed E-state index contributed by atoms with van der Waals surface area (Å²) < 4.78 is 14.1. The lowest BCUT2D eigenvalue weighted by Gasteiger charge is -2.17. The Labute approximate surface area is 191 Å². The molecule has 0 aliphatic carbocycles. The summed E-state index contributed by atoms with van der Waals surface area (Å²) in [4.78, 5) is 22.7. The highest BCUT2D eigenvalue weighted by molar-refractivity contribution is 5.93. The summed E-state index contributed by atoms with van der Waals surface area (Å²) in [7, 11) is 1.79. The number of benzene rings is 3. The second-order valence-corrected chi connectivity index (χ2v) is 8.20. The Morgan fingerprint density at radius 1 is 0.970 bits per heavy atom. The standard InChI is InChI=1S/C28H24FN3O/c1-32(21-9-3-2-4-10-21)27(33)13-7-11-22-23-18-20(29)15-17-25(23)31-28(22)26-16-14-19-8-5-6-12-24(19)30-26/h2-6,8-10,12,14-18,31H,7,11,13H2,1H3. The molecular weight excluding hydrogens is 413 g/mol. The quantitative estimate of drug-likeness (QED) is 0.329. The predicted molar refractivity (Wildman–Crippen MR) is 132 cm³/mol. The summed E-state index contributed by atoms with van der Waals surface area (Å²) >= 11 is 0. The molecule has 0 saturated carbocycles. The van der Waals surface area contributed by atoms with Gasteiger partial charge in [-0.1, -0.05) is 42.5 Å². The number of aromatic nitrogens is 2. The van der Waals surface area contributed by atoms with E-state index in [-0.39, 0.29) is 11.7 Å². The number of carbonyl (C=O) groups is 1. The molecule has 5 aromatic rings. The second kappa shape index (κ2) is 8.87. The minimum absolute atomic E-state index is 0.0533. The van der Waals surface area contributed by atoms with E-state index in [4.69, 9.17) is 4.98 Å². The lowest BCUT2D eigenvalue weighted by molar-refractivity contribution is -0.118. The fourth-order valence-corrected chi connectivity index (χ4v) is 4.28. The largest absolute Gasteiger partial charge is 0.353 e. The van der Waals surface area contributed by atoms with Crippen LogP contribution in [0.25, 0.3) is 33.2 Å². The van der Waals surface area contributed by atoms with E-state index in [1.807, 2.05) is 66.7 Å². The molecule has 0 spiro atoms. The number of aryl methyl sites for hydroxylation is 1. The van der Waals surface area contributed by atoms with Gasteiger partial charge >= 0.3 is 0 Å². The molecule has 1 amide bonds. The number of H-pyrrole nitrogens is 1. The molecule has 164 valence electrons. The third-order valence-corrected chi connectivity index (χ3v) is 6.06. The van der Waals surface area contributed by atoms with Crippen molar-refractivity contribution in [3.8, 4) is 11.4 Å². The number of anilines is 1. The molecule has 3 aromatic carbocycles. The smallest absolute Gasteiger partial charge is 0.226 e. The van der Waals surface area contributed by atoms with Gasteiger partial charge in [0.15, 0.2) is 0 Å². The summed E-state index contributed by atoms with van der Waals surface area (Å²) in [6.45, 7) is 0. The van der Waals surface area contributed by atoms with Crippen molar-refractivity contribution in [3.63, 3.8) is 0 Å². The number of halogens is 1. The highest BCUT2D eigenvalue weighted by atomic mass is 19.1. The number of amides is 1. The van der Waals surface area contributed by atoms with Gasteiger partial charge in [0.1, 0.15) is 5.82 Å². The zero-order valence-corrected chi connectivity index (χ0v) is 18.4. The average Bonchev–Trinajstić information content (AvgIpc) is 3.21. The number of pyridine rings is 1. The van der Waals surface area contributed by atoms with Gasteiger partial charge in [-0.15, -0.1) is 0 Å². The maximum atomic E-state index is 14.1. The van der Waals surface area contributed by atoms with Crippen LogP contribution in [0.4, 0.5) is 10.1 Å². The monoisotopic (exact) mass is 437 g/mol. The first-order valence-electron chi connectivity index (χ1n) is 11.1. The SMILES string of the molecule is CN(C(=O)CCCc1c(-c2ccc3ccccc3n2)[nH]c2ccc(F)cc12)c1ccccc1. The molecule has 5 rings (SSSR count). The average molecular weight is 438 g/mol. The number of hydrogen-bond acceptors (Lipinski definition) is 2. The van der Waals surface area contributed by atoms with Gasteiger partial charge < -0.3 is 9.88 Å². The van der Waals surface area contributed by atoms with Crippen molar-refractivity contribution < 1.29 is 9.18 Å². The Morgan fingerprint density at radius 3 is 2.61 bits per heavy atom. The van der Waals surface area contributed by atoms with Crippen molar-refractivity contribution in [2.75, 3.05) is 11.9 Å². The van der Waals surface area contributed by atoms with E-state index in [1.165, 1.54) is 6.07 Å². The van der Waals surface area contributed by atoms with E-state index in [2.05, 4.69) is 4.98 Å². The van der Waals surface area contributed by atoms with Crippen LogP contribution in [0.1, 0.15) is 18.4 Å². The number of fused-ring (bicyclic) bond motifs is 2. The first kappa shape index (κ1) is 20.9. The van der Waals surface area contributed by atoms with E-state index in [0.29, 0.717) is 19.3 Å². The molecule has 0 radical (unpaired) electrons. The third kappa shape index (κ3) is 4.22. The molecular formula is C28H24FN3O. The van der Waals surface area contributed by atoms with Crippen molar-refractivity contribution in [3.05, 3.63) is 96.3 Å². The highest BCUT2D eigenvalue weighted by Gasteiger charge is 2.17. The van der Waals surface area contributed by atoms with Gasteiger partial charge in [-0.2, -0.15) is 0 Å². The number of aromatic amines is 1. The number of para-hydroxylation sites is 2. The molecule has 2 heterocycles. The van der Waals surface area contributed by atoms with E-state index < -0.39 is 0 Å². The van der Waals surface area contributed by atoms with Crippen LogP contribution in [0.5, 0.6) is 0 Å². The van der Waals surface area contributed by atoms with Crippen LogP contribution in [0, 0.1) is 5.82 Å². The Kier molecular flexibility index (Phi) is 5.61. The molecule has 0 atom stereocenters. The molecule has 33 heavy (non-hydrogen) atoms. The van der Waals surface area contributed by atoms with Crippen molar-refractivity contribution in [1.82, 2.24) is 9.97 Å². The van der Waals surface area contributed by atoms with Gasteiger partial charge in [-0.25, -0.2) is 9.37 Å². The van der Waals surface area contributed by atoms with Crippen molar-refractivity contribution in [2.45, 2.75) is 19.3 Å². The number of nitrogens with zero attached hydrogens (tertiary/aromatic N) is 2. The Morgan fingerprint density at radius 2 is 1.76 bits per heavy atom. The summed E-state index contributed by atoms with van der Waals surface area (Å²) in [6, 6.07) is 26.4. The third-order valence-electron chi connectivity index (χ3n) is 6.06. The zero-order valence-electron chi connectivity index (χ0n) is 18.4. The van der Waals surface area contributed by atoms with Crippen LogP contribution in [0.3, 0.4) is 0 Å². The lowest BCUT2D eigenvalue weighted by atomic mass is 10.0. The topological polar surface area (TPSA) is 49.0 Å². The Bertz CT molecular complexity index is 1440. The van der Waals surface area contributed by atoms with Gasteiger partial charge in [-0.05, 0) is 60.9 Å². The lowest BCUT2D eigenvalue weighted by Crippen LogP contribution is -2.25. The number of rotatable bonds is 6. The molecule has 0 unspecified atom stereocenters. The number of carbonyl (C=O) groups excluding carboxylic acids is 1. The van der Waals surface area contributed by atoms with Crippen molar-refractivity contribution in [2.24, 2.45) is 0 Å². The maximum Gasteiger partial charge on any atom is 0.226 e. The van der Waals surface area contributed by atoms with Gasteiger partial charge in [0.25, 0.3) is 0 Å². The van der Waals surface area contributed by atoms with E-state index in [0.717, 1.165) is 44.4 Å². The van der Waals surface area contributed by atoms with Crippen LogP contribution in [-0.2, 0) is 11.2 Å². The second-order valence-electron chi connectivity index (χ2n) is 8.20. The first-order valence-corrected chi connectivity index (χ1v) is 11.1. The minimum atomic E-state index is -0.277. The molecule has 1 N–H and O–H groups in total.